The number of nitrogens with zero attached hydrogens (tertiary/aromatic N) is 2. The van der Waals surface area contributed by atoms with E-state index in [4.69, 9.17) is 9.47 Å². The Kier molecular flexibility index (Phi) is 3.95. The number of aromatic nitrogens is 1. The number of sulfone groups is 1. The van der Waals surface area contributed by atoms with Gasteiger partial charge in [0, 0.05) is 18.0 Å². The number of carbonyl (C=O) groups excluding carboxylic acids is 1. The van der Waals surface area contributed by atoms with Gasteiger partial charge in [0.05, 0.1) is 11.4 Å². The Morgan fingerprint density at radius 3 is 2.65 bits per heavy atom. The summed E-state index contributed by atoms with van der Waals surface area (Å²) in [5.41, 5.74) is 0.561. The van der Waals surface area contributed by atoms with Crippen LogP contribution in [0, 0.1) is 0 Å². The highest BCUT2D eigenvalue weighted by atomic mass is 32.2. The molecule has 122 valence electrons. The maximum Gasteiger partial charge on any atom is 0.414 e. The molecular weight excluding hydrogens is 324 g/mol. The van der Waals surface area contributed by atoms with Gasteiger partial charge in [-0.25, -0.2) is 13.2 Å². The van der Waals surface area contributed by atoms with E-state index in [-0.39, 0.29) is 11.5 Å². The predicted molar refractivity (Wildman–Crippen MR) is 79.2 cm³/mol. The zero-order chi connectivity index (χ0) is 16.4. The lowest BCUT2D eigenvalue weighted by Crippen LogP contribution is -2.26. The maximum atomic E-state index is 11.9. The molecule has 1 saturated heterocycles. The number of carbonyl (C=O) groups is 1. The lowest BCUT2D eigenvalue weighted by molar-refractivity contribution is 0.102. The summed E-state index contributed by atoms with van der Waals surface area (Å²) in [6.07, 6.45) is 1.55. The Morgan fingerprint density at radius 2 is 2.04 bits per heavy atom. The van der Waals surface area contributed by atoms with Gasteiger partial charge in [-0.1, -0.05) is 0 Å². The van der Waals surface area contributed by atoms with Crippen molar-refractivity contribution in [2.45, 2.75) is 11.0 Å². The highest BCUT2D eigenvalue weighted by molar-refractivity contribution is 7.90. The smallest absolute Gasteiger partial charge is 0.414 e. The highest BCUT2D eigenvalue weighted by Crippen LogP contribution is 2.23. The van der Waals surface area contributed by atoms with Crippen molar-refractivity contribution in [3.63, 3.8) is 0 Å². The summed E-state index contributed by atoms with van der Waals surface area (Å²) in [6, 6.07) is 7.60. The number of rotatable bonds is 5. The Hall–Kier alpha value is -2.55. The molecule has 1 fully saturated rings. The molecule has 23 heavy (non-hydrogen) atoms. The molecule has 0 spiro atoms. The quantitative estimate of drug-likeness (QED) is 0.814. The fraction of sp³-hybridized carbons (Fsp3) is 0.286. The monoisotopic (exact) mass is 338 g/mol. The number of benzene rings is 1. The molecule has 0 radical (unpaired) electrons. The first-order valence-corrected chi connectivity index (χ1v) is 8.64. The molecule has 0 bridgehead atoms. The minimum atomic E-state index is -3.27. The average molecular weight is 338 g/mol. The van der Waals surface area contributed by atoms with Crippen LogP contribution in [-0.4, -0.2) is 45.2 Å². The van der Waals surface area contributed by atoms with E-state index in [0.717, 1.165) is 6.26 Å². The van der Waals surface area contributed by atoms with Gasteiger partial charge in [0.15, 0.2) is 15.9 Å². The molecule has 1 atom stereocenters. The standard InChI is InChI=1S/C14H14N2O6S/c1-23(18,19)12-4-2-10(3-5-12)16-8-11(22-14(16)17)9-20-13-6-7-21-15-13/h2-7,11H,8-9H2,1H3. The van der Waals surface area contributed by atoms with Gasteiger partial charge in [0.1, 0.15) is 12.9 Å². The average Bonchev–Trinajstić information content (AvgIpc) is 3.14. The molecule has 8 nitrogen and oxygen atoms in total. The Balaban J connectivity index is 1.65. The molecule has 0 aliphatic carbocycles. The van der Waals surface area contributed by atoms with Gasteiger partial charge in [-0.2, -0.15) is 0 Å². The summed E-state index contributed by atoms with van der Waals surface area (Å²) >= 11 is 0. The van der Waals surface area contributed by atoms with Crippen LogP contribution < -0.4 is 9.64 Å². The van der Waals surface area contributed by atoms with E-state index in [0.29, 0.717) is 18.1 Å². The number of anilines is 1. The molecule has 1 aliphatic heterocycles. The van der Waals surface area contributed by atoms with Crippen molar-refractivity contribution in [1.29, 1.82) is 0 Å². The topological polar surface area (TPSA) is 98.9 Å². The summed E-state index contributed by atoms with van der Waals surface area (Å²) in [5.74, 6) is 0.317. The third-order valence-corrected chi connectivity index (χ3v) is 4.41. The second-order valence-electron chi connectivity index (χ2n) is 5.03. The molecule has 2 heterocycles. The van der Waals surface area contributed by atoms with Gasteiger partial charge in [-0.3, -0.25) is 4.90 Å². The molecule has 1 aromatic heterocycles. The van der Waals surface area contributed by atoms with Crippen molar-refractivity contribution in [2.75, 3.05) is 24.3 Å². The van der Waals surface area contributed by atoms with Gasteiger partial charge >= 0.3 is 6.09 Å². The van der Waals surface area contributed by atoms with Crippen LogP contribution in [0.15, 0.2) is 46.0 Å². The minimum absolute atomic E-state index is 0.149. The Labute approximate surface area is 132 Å². The number of hydrogen-bond acceptors (Lipinski definition) is 7. The van der Waals surface area contributed by atoms with E-state index in [2.05, 4.69) is 9.68 Å². The molecule has 1 amide bonds. The van der Waals surface area contributed by atoms with Crippen molar-refractivity contribution in [2.24, 2.45) is 0 Å². The van der Waals surface area contributed by atoms with E-state index in [1.165, 1.54) is 23.3 Å². The normalized spacial score (nSPS) is 18.0. The van der Waals surface area contributed by atoms with E-state index in [1.54, 1.807) is 18.2 Å². The molecule has 3 rings (SSSR count). The number of ether oxygens (including phenoxy) is 2. The third kappa shape index (κ3) is 3.45. The van der Waals surface area contributed by atoms with Crippen molar-refractivity contribution >= 4 is 21.6 Å². The fourth-order valence-electron chi connectivity index (χ4n) is 2.15. The summed E-state index contributed by atoms with van der Waals surface area (Å²) in [7, 11) is -3.27. The lowest BCUT2D eigenvalue weighted by atomic mass is 10.3. The molecule has 1 aromatic carbocycles. The Bertz CT molecular complexity index is 785. The van der Waals surface area contributed by atoms with Crippen LogP contribution in [0.3, 0.4) is 0 Å². The van der Waals surface area contributed by atoms with Crippen LogP contribution in [0.1, 0.15) is 0 Å². The van der Waals surface area contributed by atoms with Gasteiger partial charge in [0.2, 0.25) is 0 Å². The van der Waals surface area contributed by atoms with Gasteiger partial charge in [-0.15, -0.1) is 0 Å². The zero-order valence-electron chi connectivity index (χ0n) is 12.2. The first-order chi connectivity index (χ1) is 10.9. The zero-order valence-corrected chi connectivity index (χ0v) is 13.0. The summed E-state index contributed by atoms with van der Waals surface area (Å²) in [6.45, 7) is 0.450. The minimum Gasteiger partial charge on any atom is -0.471 e. The van der Waals surface area contributed by atoms with E-state index < -0.39 is 22.0 Å². The molecule has 0 N–H and O–H groups in total. The summed E-state index contributed by atoms with van der Waals surface area (Å²) < 4.78 is 38.1. The molecule has 2 aromatic rings. The van der Waals surface area contributed by atoms with Crippen LogP contribution in [-0.2, 0) is 14.6 Å². The molecule has 1 aliphatic rings. The van der Waals surface area contributed by atoms with Crippen molar-refractivity contribution in [3.8, 4) is 5.88 Å². The van der Waals surface area contributed by atoms with Crippen molar-refractivity contribution in [3.05, 3.63) is 36.6 Å². The first kappa shape index (κ1) is 15.3. The second kappa shape index (κ2) is 5.92. The summed E-state index contributed by atoms with van der Waals surface area (Å²) in [5, 5.41) is 3.60. The maximum absolute atomic E-state index is 11.9. The van der Waals surface area contributed by atoms with Gasteiger partial charge < -0.3 is 14.0 Å². The number of cyclic esters (lactones) is 1. The number of amides is 1. The van der Waals surface area contributed by atoms with E-state index in [9.17, 15) is 13.2 Å². The summed E-state index contributed by atoms with van der Waals surface area (Å²) in [4.78, 5) is 13.5. The second-order valence-corrected chi connectivity index (χ2v) is 7.05. The van der Waals surface area contributed by atoms with Crippen LogP contribution >= 0.6 is 0 Å². The third-order valence-electron chi connectivity index (χ3n) is 3.28. The van der Waals surface area contributed by atoms with E-state index >= 15 is 0 Å². The van der Waals surface area contributed by atoms with Crippen molar-refractivity contribution in [1.82, 2.24) is 5.16 Å². The fourth-order valence-corrected chi connectivity index (χ4v) is 2.78. The molecular formula is C14H14N2O6S. The van der Waals surface area contributed by atoms with Gasteiger partial charge in [0.25, 0.3) is 5.88 Å². The lowest BCUT2D eigenvalue weighted by Gasteiger charge is -2.13. The number of hydrogen-bond donors (Lipinski definition) is 0. The van der Waals surface area contributed by atoms with Crippen LogP contribution in [0.25, 0.3) is 0 Å². The largest absolute Gasteiger partial charge is 0.471 e. The van der Waals surface area contributed by atoms with Crippen LogP contribution in [0.2, 0.25) is 0 Å². The molecule has 1 unspecified atom stereocenters. The van der Waals surface area contributed by atoms with Crippen molar-refractivity contribution < 1.29 is 27.2 Å². The highest BCUT2D eigenvalue weighted by Gasteiger charge is 2.33. The predicted octanol–water partition coefficient (Wildman–Crippen LogP) is 1.48. The van der Waals surface area contributed by atoms with Gasteiger partial charge in [-0.05, 0) is 29.4 Å². The first-order valence-electron chi connectivity index (χ1n) is 6.75. The van der Waals surface area contributed by atoms with Crippen LogP contribution in [0.5, 0.6) is 5.88 Å². The molecule has 9 heteroatoms. The Morgan fingerprint density at radius 1 is 1.30 bits per heavy atom. The van der Waals surface area contributed by atoms with E-state index in [1.807, 2.05) is 0 Å². The SMILES string of the molecule is CS(=O)(=O)c1ccc(N2CC(COc3ccon3)OC2=O)cc1. The molecule has 0 saturated carbocycles. The van der Waals surface area contributed by atoms with Crippen LogP contribution in [0.4, 0.5) is 10.5 Å².